The molecule has 0 heterocycles. The number of rotatable bonds is 7. The first-order chi connectivity index (χ1) is 9.71. The van der Waals surface area contributed by atoms with Crippen molar-refractivity contribution >= 4 is 23.5 Å². The Balaban J connectivity index is 2.58. The molecule has 0 aliphatic carbocycles. The molecule has 0 radical (unpaired) electrons. The molecule has 0 saturated heterocycles. The van der Waals surface area contributed by atoms with Gasteiger partial charge in [-0.25, -0.2) is 0 Å². The SMILES string of the molecule is CC(Oc1ccccc1Cl)C(=O)NC(C)(C)CCC(=O)O. The molecule has 21 heavy (non-hydrogen) atoms. The summed E-state index contributed by atoms with van der Waals surface area (Å²) in [5.41, 5.74) is -0.617. The van der Waals surface area contributed by atoms with Crippen molar-refractivity contribution in [2.75, 3.05) is 0 Å². The monoisotopic (exact) mass is 313 g/mol. The topological polar surface area (TPSA) is 75.6 Å². The molecule has 1 unspecified atom stereocenters. The zero-order valence-electron chi connectivity index (χ0n) is 12.4. The van der Waals surface area contributed by atoms with Crippen LogP contribution >= 0.6 is 11.6 Å². The summed E-state index contributed by atoms with van der Waals surface area (Å²) >= 11 is 5.97. The number of amides is 1. The van der Waals surface area contributed by atoms with Crippen LogP contribution in [0.25, 0.3) is 0 Å². The lowest BCUT2D eigenvalue weighted by Crippen LogP contribution is -2.48. The molecule has 1 aromatic rings. The number of carbonyl (C=O) groups is 2. The van der Waals surface area contributed by atoms with Gasteiger partial charge in [0.15, 0.2) is 6.10 Å². The van der Waals surface area contributed by atoms with Crippen LogP contribution < -0.4 is 10.1 Å². The molecule has 2 N–H and O–H groups in total. The van der Waals surface area contributed by atoms with E-state index in [1.165, 1.54) is 0 Å². The molecular weight excluding hydrogens is 294 g/mol. The molecular formula is C15H20ClNO4. The number of ether oxygens (including phenoxy) is 1. The van der Waals surface area contributed by atoms with Crippen LogP contribution in [0.2, 0.25) is 5.02 Å². The maximum Gasteiger partial charge on any atom is 0.303 e. The van der Waals surface area contributed by atoms with Crippen LogP contribution in [0.3, 0.4) is 0 Å². The first-order valence-electron chi connectivity index (χ1n) is 6.66. The van der Waals surface area contributed by atoms with E-state index < -0.39 is 17.6 Å². The number of para-hydroxylation sites is 1. The summed E-state index contributed by atoms with van der Waals surface area (Å²) in [6, 6.07) is 6.90. The van der Waals surface area contributed by atoms with Crippen LogP contribution in [0.1, 0.15) is 33.6 Å². The quantitative estimate of drug-likeness (QED) is 0.811. The van der Waals surface area contributed by atoms with Gasteiger partial charge in [0.25, 0.3) is 5.91 Å². The van der Waals surface area contributed by atoms with Crippen LogP contribution in [0, 0.1) is 0 Å². The smallest absolute Gasteiger partial charge is 0.303 e. The minimum Gasteiger partial charge on any atom is -0.481 e. The lowest BCUT2D eigenvalue weighted by molar-refractivity contribution is -0.138. The van der Waals surface area contributed by atoms with E-state index in [9.17, 15) is 9.59 Å². The maximum atomic E-state index is 12.1. The lowest BCUT2D eigenvalue weighted by atomic mass is 9.98. The van der Waals surface area contributed by atoms with E-state index >= 15 is 0 Å². The van der Waals surface area contributed by atoms with Gasteiger partial charge < -0.3 is 15.2 Å². The molecule has 0 fully saturated rings. The lowest BCUT2D eigenvalue weighted by Gasteiger charge is -2.27. The number of hydrogen-bond donors (Lipinski definition) is 2. The van der Waals surface area contributed by atoms with Gasteiger partial charge in [-0.2, -0.15) is 0 Å². The number of nitrogens with one attached hydrogen (secondary N) is 1. The fourth-order valence-corrected chi connectivity index (χ4v) is 1.88. The fraction of sp³-hybridized carbons (Fsp3) is 0.467. The van der Waals surface area contributed by atoms with Gasteiger partial charge in [-0.15, -0.1) is 0 Å². The van der Waals surface area contributed by atoms with Crippen LogP contribution in [0.15, 0.2) is 24.3 Å². The second-order valence-electron chi connectivity index (χ2n) is 5.46. The van der Waals surface area contributed by atoms with Crippen LogP contribution in [-0.2, 0) is 9.59 Å². The Morgan fingerprint density at radius 3 is 2.57 bits per heavy atom. The van der Waals surface area contributed by atoms with Gasteiger partial charge in [-0.1, -0.05) is 23.7 Å². The minimum atomic E-state index is -0.891. The summed E-state index contributed by atoms with van der Waals surface area (Å²) in [6.45, 7) is 5.16. The molecule has 6 heteroatoms. The third-order valence-corrected chi connectivity index (χ3v) is 3.25. The number of benzene rings is 1. The number of halogens is 1. The zero-order valence-corrected chi connectivity index (χ0v) is 13.1. The van der Waals surface area contributed by atoms with Crippen molar-refractivity contribution in [1.82, 2.24) is 5.32 Å². The number of carbonyl (C=O) groups excluding carboxylic acids is 1. The molecule has 0 aliphatic heterocycles. The number of hydrogen-bond acceptors (Lipinski definition) is 3. The van der Waals surface area contributed by atoms with Crippen molar-refractivity contribution in [2.45, 2.75) is 45.3 Å². The fourth-order valence-electron chi connectivity index (χ4n) is 1.70. The molecule has 0 bridgehead atoms. The Bertz CT molecular complexity index is 516. The number of carboxylic acid groups (broad SMARTS) is 1. The highest BCUT2D eigenvalue weighted by Crippen LogP contribution is 2.24. The highest BCUT2D eigenvalue weighted by molar-refractivity contribution is 6.32. The van der Waals surface area contributed by atoms with Gasteiger partial charge in [0, 0.05) is 12.0 Å². The molecule has 0 aliphatic rings. The largest absolute Gasteiger partial charge is 0.481 e. The number of aliphatic carboxylic acids is 1. The highest BCUT2D eigenvalue weighted by Gasteiger charge is 2.25. The third-order valence-electron chi connectivity index (χ3n) is 2.94. The highest BCUT2D eigenvalue weighted by atomic mass is 35.5. The normalized spacial score (nSPS) is 12.6. The van der Waals surface area contributed by atoms with Crippen LogP contribution in [-0.4, -0.2) is 28.6 Å². The summed E-state index contributed by atoms with van der Waals surface area (Å²) in [6.07, 6.45) is -0.395. The van der Waals surface area contributed by atoms with Gasteiger partial charge in [-0.3, -0.25) is 9.59 Å². The standard InChI is InChI=1S/C15H20ClNO4/c1-10(21-12-7-5-4-6-11(12)16)14(20)17-15(2,3)9-8-13(18)19/h4-7,10H,8-9H2,1-3H3,(H,17,20)(H,18,19). The van der Waals surface area contributed by atoms with E-state index in [-0.39, 0.29) is 12.3 Å². The summed E-state index contributed by atoms with van der Waals surface area (Å²) in [5.74, 6) is -0.770. The van der Waals surface area contributed by atoms with Gasteiger partial charge in [0.1, 0.15) is 5.75 Å². The molecule has 0 spiro atoms. The van der Waals surface area contributed by atoms with Crippen molar-refractivity contribution in [2.24, 2.45) is 0 Å². The average molecular weight is 314 g/mol. The van der Waals surface area contributed by atoms with E-state index in [4.69, 9.17) is 21.4 Å². The first kappa shape index (κ1) is 17.3. The van der Waals surface area contributed by atoms with E-state index in [0.717, 1.165) is 0 Å². The molecule has 116 valence electrons. The summed E-state index contributed by atoms with van der Waals surface area (Å²) in [5, 5.41) is 11.9. The summed E-state index contributed by atoms with van der Waals surface area (Å²) in [7, 11) is 0. The number of carboxylic acids is 1. The van der Waals surface area contributed by atoms with Gasteiger partial charge in [-0.05, 0) is 39.3 Å². The molecule has 1 amide bonds. The molecule has 1 atom stereocenters. The minimum absolute atomic E-state index is 0.00691. The molecule has 1 aromatic carbocycles. The Labute approximate surface area is 129 Å². The summed E-state index contributed by atoms with van der Waals surface area (Å²) in [4.78, 5) is 22.7. The molecule has 0 saturated carbocycles. The second-order valence-corrected chi connectivity index (χ2v) is 5.86. The van der Waals surface area contributed by atoms with E-state index in [0.29, 0.717) is 17.2 Å². The van der Waals surface area contributed by atoms with Crippen molar-refractivity contribution in [3.05, 3.63) is 29.3 Å². The van der Waals surface area contributed by atoms with Crippen molar-refractivity contribution in [1.29, 1.82) is 0 Å². The Morgan fingerprint density at radius 2 is 2.00 bits per heavy atom. The predicted octanol–water partition coefficient (Wildman–Crippen LogP) is 2.87. The average Bonchev–Trinajstić information content (AvgIpc) is 2.38. The zero-order chi connectivity index (χ0) is 16.0. The van der Waals surface area contributed by atoms with Crippen molar-refractivity contribution in [3.8, 4) is 5.75 Å². The van der Waals surface area contributed by atoms with Gasteiger partial charge in [0.2, 0.25) is 0 Å². The Hall–Kier alpha value is -1.75. The van der Waals surface area contributed by atoms with Gasteiger partial charge in [0.05, 0.1) is 5.02 Å². The molecule has 5 nitrogen and oxygen atoms in total. The third kappa shape index (κ3) is 6.04. The van der Waals surface area contributed by atoms with E-state index in [1.807, 2.05) is 0 Å². The van der Waals surface area contributed by atoms with Crippen LogP contribution in [0.5, 0.6) is 5.75 Å². The second kappa shape index (κ2) is 7.31. The Morgan fingerprint density at radius 1 is 1.38 bits per heavy atom. The Kier molecular flexibility index (Phi) is 6.03. The summed E-state index contributed by atoms with van der Waals surface area (Å²) < 4.78 is 5.52. The van der Waals surface area contributed by atoms with Gasteiger partial charge >= 0.3 is 5.97 Å². The van der Waals surface area contributed by atoms with E-state index in [2.05, 4.69) is 5.32 Å². The van der Waals surface area contributed by atoms with Crippen molar-refractivity contribution < 1.29 is 19.4 Å². The van der Waals surface area contributed by atoms with Crippen LogP contribution in [0.4, 0.5) is 0 Å². The predicted molar refractivity (Wildman–Crippen MR) is 80.6 cm³/mol. The maximum absolute atomic E-state index is 12.1. The van der Waals surface area contributed by atoms with Crippen molar-refractivity contribution in [3.63, 3.8) is 0 Å². The molecule has 0 aromatic heterocycles. The van der Waals surface area contributed by atoms with E-state index in [1.54, 1.807) is 45.0 Å². The molecule has 1 rings (SSSR count). The first-order valence-corrected chi connectivity index (χ1v) is 7.04.